The maximum atomic E-state index is 12.8. The van der Waals surface area contributed by atoms with Gasteiger partial charge < -0.3 is 9.80 Å². The highest BCUT2D eigenvalue weighted by molar-refractivity contribution is 6.31. The van der Waals surface area contributed by atoms with Crippen LogP contribution in [0.4, 0.5) is 23.5 Å². The highest BCUT2D eigenvalue weighted by atomic mass is 35.5. The summed E-state index contributed by atoms with van der Waals surface area (Å²) in [5.74, 6) is 0.887. The van der Waals surface area contributed by atoms with Gasteiger partial charge in [-0.3, -0.25) is 15.1 Å². The Bertz CT molecular complexity index is 857. The van der Waals surface area contributed by atoms with Crippen molar-refractivity contribution in [1.29, 1.82) is 5.41 Å². The molecule has 0 aliphatic carbocycles. The molecule has 2 heterocycles. The zero-order valence-corrected chi connectivity index (χ0v) is 16.6. The first-order chi connectivity index (χ1) is 12.7. The van der Waals surface area contributed by atoms with E-state index in [1.165, 1.54) is 9.80 Å². The molecule has 0 saturated carbocycles. The summed E-state index contributed by atoms with van der Waals surface area (Å²) in [5, 5.41) is 9.14. The third-order valence-electron chi connectivity index (χ3n) is 4.11. The Balaban J connectivity index is 2.05. The molecule has 2 aromatic rings. The summed E-state index contributed by atoms with van der Waals surface area (Å²) in [4.78, 5) is 32.4. The van der Waals surface area contributed by atoms with E-state index in [1.54, 1.807) is 41.0 Å². The predicted molar refractivity (Wildman–Crippen MR) is 107 cm³/mol. The van der Waals surface area contributed by atoms with Crippen molar-refractivity contribution >= 4 is 47.0 Å². The molecule has 0 unspecified atom stereocenters. The van der Waals surface area contributed by atoms with Crippen molar-refractivity contribution < 1.29 is 4.79 Å². The summed E-state index contributed by atoms with van der Waals surface area (Å²) in [5.41, 5.74) is 0.568. The third-order valence-corrected chi connectivity index (χ3v) is 4.36. The van der Waals surface area contributed by atoms with Gasteiger partial charge in [0, 0.05) is 33.2 Å². The number of guanidine groups is 1. The molecule has 1 saturated heterocycles. The minimum absolute atomic E-state index is 0.0181. The standard InChI is InChI=1S/C17H21ClN8O/c1-10-13(27)26(12-8-6-11(18)7-9-12)14(19)25(10)17-21-15(23(2)3)20-16(22-17)24(4)5/h6-10,19H,1-5H3/t10-/m1/s1. The number of nitrogens with one attached hydrogen (secondary N) is 1. The van der Waals surface area contributed by atoms with Gasteiger partial charge in [0.05, 0.1) is 5.69 Å². The Morgan fingerprint density at radius 3 is 2.00 bits per heavy atom. The summed E-state index contributed by atoms with van der Waals surface area (Å²) < 4.78 is 0. The van der Waals surface area contributed by atoms with Crippen LogP contribution in [-0.2, 0) is 4.79 Å². The van der Waals surface area contributed by atoms with Crippen LogP contribution < -0.4 is 19.6 Å². The second-order valence-electron chi connectivity index (χ2n) is 6.54. The summed E-state index contributed by atoms with van der Waals surface area (Å²) in [7, 11) is 7.29. The fraction of sp³-hybridized carbons (Fsp3) is 0.353. The fourth-order valence-electron chi connectivity index (χ4n) is 2.65. The highest BCUT2D eigenvalue weighted by Gasteiger charge is 2.43. The molecule has 9 nitrogen and oxygen atoms in total. The van der Waals surface area contributed by atoms with Gasteiger partial charge in [-0.2, -0.15) is 15.0 Å². The maximum Gasteiger partial charge on any atom is 0.256 e. The lowest BCUT2D eigenvalue weighted by Crippen LogP contribution is -2.36. The molecule has 1 aromatic heterocycles. The Labute approximate surface area is 162 Å². The molecule has 3 rings (SSSR count). The quantitative estimate of drug-likeness (QED) is 0.854. The summed E-state index contributed by atoms with van der Waals surface area (Å²) >= 11 is 5.93. The average molecular weight is 389 g/mol. The van der Waals surface area contributed by atoms with Crippen LogP contribution in [0.2, 0.25) is 5.02 Å². The van der Waals surface area contributed by atoms with Crippen molar-refractivity contribution in [2.45, 2.75) is 13.0 Å². The molecule has 1 N–H and O–H groups in total. The van der Waals surface area contributed by atoms with E-state index in [-0.39, 0.29) is 17.8 Å². The van der Waals surface area contributed by atoms with Crippen molar-refractivity contribution in [3.8, 4) is 0 Å². The molecule has 1 aliphatic rings. The monoisotopic (exact) mass is 388 g/mol. The van der Waals surface area contributed by atoms with Crippen LogP contribution in [0.15, 0.2) is 24.3 Å². The first-order valence-corrected chi connectivity index (χ1v) is 8.66. The SMILES string of the molecule is C[C@@H]1C(=O)N(c2ccc(Cl)cc2)C(=N)N1c1nc(N(C)C)nc(N(C)C)n1. The van der Waals surface area contributed by atoms with Crippen LogP contribution in [0.1, 0.15) is 6.92 Å². The Morgan fingerprint density at radius 2 is 1.52 bits per heavy atom. The molecule has 1 fully saturated rings. The smallest absolute Gasteiger partial charge is 0.256 e. The zero-order chi connectivity index (χ0) is 19.9. The molecule has 27 heavy (non-hydrogen) atoms. The van der Waals surface area contributed by atoms with E-state index in [9.17, 15) is 4.79 Å². The van der Waals surface area contributed by atoms with Crippen LogP contribution in [0.3, 0.4) is 0 Å². The van der Waals surface area contributed by atoms with Crippen molar-refractivity contribution in [1.82, 2.24) is 15.0 Å². The van der Waals surface area contributed by atoms with E-state index in [0.29, 0.717) is 22.6 Å². The number of nitrogens with zero attached hydrogens (tertiary/aromatic N) is 7. The number of benzene rings is 1. The number of anilines is 4. The molecular formula is C17H21ClN8O. The van der Waals surface area contributed by atoms with Gasteiger partial charge in [-0.15, -0.1) is 0 Å². The number of carbonyl (C=O) groups excluding carboxylic acids is 1. The predicted octanol–water partition coefficient (Wildman–Crippen LogP) is 1.83. The molecule has 10 heteroatoms. The topological polar surface area (TPSA) is 92.6 Å². The first-order valence-electron chi connectivity index (χ1n) is 8.28. The Morgan fingerprint density at radius 1 is 1.00 bits per heavy atom. The normalized spacial score (nSPS) is 16.9. The van der Waals surface area contributed by atoms with Crippen molar-refractivity contribution in [2.24, 2.45) is 0 Å². The molecule has 1 amide bonds. The first kappa shape index (κ1) is 18.8. The van der Waals surface area contributed by atoms with Gasteiger partial charge in [0.2, 0.25) is 23.8 Å². The van der Waals surface area contributed by atoms with Crippen LogP contribution in [-0.4, -0.2) is 61.1 Å². The van der Waals surface area contributed by atoms with Crippen molar-refractivity contribution in [3.05, 3.63) is 29.3 Å². The van der Waals surface area contributed by atoms with Gasteiger partial charge in [-0.05, 0) is 31.2 Å². The highest BCUT2D eigenvalue weighted by Crippen LogP contribution is 2.29. The molecule has 1 aromatic carbocycles. The second kappa shape index (κ2) is 6.99. The van der Waals surface area contributed by atoms with Gasteiger partial charge in [0.15, 0.2) is 0 Å². The molecule has 0 radical (unpaired) electrons. The van der Waals surface area contributed by atoms with Crippen LogP contribution in [0, 0.1) is 5.41 Å². The lowest BCUT2D eigenvalue weighted by atomic mass is 10.2. The molecule has 1 aliphatic heterocycles. The molecule has 1 atom stereocenters. The molecule has 0 spiro atoms. The zero-order valence-electron chi connectivity index (χ0n) is 15.8. The molecule has 142 valence electrons. The van der Waals surface area contributed by atoms with Gasteiger partial charge in [-0.1, -0.05) is 11.6 Å². The average Bonchev–Trinajstić information content (AvgIpc) is 2.84. The van der Waals surface area contributed by atoms with Crippen LogP contribution in [0.5, 0.6) is 0 Å². The Hall–Kier alpha value is -2.94. The summed E-state index contributed by atoms with van der Waals surface area (Å²) in [6.07, 6.45) is 0. The summed E-state index contributed by atoms with van der Waals surface area (Å²) in [6.45, 7) is 1.72. The van der Waals surface area contributed by atoms with Crippen LogP contribution >= 0.6 is 11.6 Å². The fourth-order valence-corrected chi connectivity index (χ4v) is 2.78. The van der Waals surface area contributed by atoms with Gasteiger partial charge in [0.1, 0.15) is 6.04 Å². The van der Waals surface area contributed by atoms with E-state index in [1.807, 2.05) is 28.2 Å². The second-order valence-corrected chi connectivity index (χ2v) is 6.98. The Kier molecular flexibility index (Phi) is 4.88. The summed E-state index contributed by atoms with van der Waals surface area (Å²) in [6, 6.07) is 6.15. The maximum absolute atomic E-state index is 12.8. The van der Waals surface area contributed by atoms with E-state index in [0.717, 1.165) is 0 Å². The number of aromatic nitrogens is 3. The molecular weight excluding hydrogens is 368 g/mol. The van der Waals surface area contributed by atoms with E-state index < -0.39 is 6.04 Å². The van der Waals surface area contributed by atoms with Crippen molar-refractivity contribution in [2.75, 3.05) is 47.8 Å². The number of hydrogen-bond acceptors (Lipinski definition) is 7. The largest absolute Gasteiger partial charge is 0.347 e. The lowest BCUT2D eigenvalue weighted by Gasteiger charge is -2.23. The molecule has 0 bridgehead atoms. The van der Waals surface area contributed by atoms with Crippen LogP contribution in [0.25, 0.3) is 0 Å². The third kappa shape index (κ3) is 3.37. The number of halogens is 1. The van der Waals surface area contributed by atoms with E-state index in [2.05, 4.69) is 15.0 Å². The van der Waals surface area contributed by atoms with Gasteiger partial charge >= 0.3 is 0 Å². The lowest BCUT2D eigenvalue weighted by molar-refractivity contribution is -0.117. The minimum atomic E-state index is -0.624. The number of carbonyl (C=O) groups is 1. The van der Waals surface area contributed by atoms with E-state index in [4.69, 9.17) is 17.0 Å². The van der Waals surface area contributed by atoms with Gasteiger partial charge in [0.25, 0.3) is 5.91 Å². The van der Waals surface area contributed by atoms with Crippen molar-refractivity contribution in [3.63, 3.8) is 0 Å². The van der Waals surface area contributed by atoms with Gasteiger partial charge in [-0.25, -0.2) is 4.90 Å². The number of rotatable bonds is 4. The number of hydrogen-bond donors (Lipinski definition) is 1. The minimum Gasteiger partial charge on any atom is -0.347 e. The van der Waals surface area contributed by atoms with E-state index >= 15 is 0 Å². The number of amides is 1.